The fourth-order valence-electron chi connectivity index (χ4n) is 2.82. The Bertz CT molecular complexity index is 402. The van der Waals surface area contributed by atoms with E-state index in [0.29, 0.717) is 12.1 Å². The van der Waals surface area contributed by atoms with Crippen molar-refractivity contribution in [2.75, 3.05) is 6.54 Å². The molecule has 1 N–H and O–H groups in total. The van der Waals surface area contributed by atoms with Crippen LogP contribution < -0.4 is 10.1 Å². The van der Waals surface area contributed by atoms with Crippen molar-refractivity contribution in [3.63, 3.8) is 0 Å². The fraction of sp³-hybridized carbons (Fsp3) is 0.647. The largest absolute Gasteiger partial charge is 0.489 e. The summed E-state index contributed by atoms with van der Waals surface area (Å²) >= 11 is 0. The van der Waals surface area contributed by atoms with E-state index in [0.717, 1.165) is 12.3 Å². The Morgan fingerprint density at radius 3 is 2.79 bits per heavy atom. The maximum absolute atomic E-state index is 6.31. The van der Waals surface area contributed by atoms with Crippen LogP contribution in [0.15, 0.2) is 18.2 Å². The summed E-state index contributed by atoms with van der Waals surface area (Å²) in [6.45, 7) is 7.62. The second-order valence-electron chi connectivity index (χ2n) is 5.70. The second kappa shape index (κ2) is 6.95. The zero-order valence-electron chi connectivity index (χ0n) is 12.5. The summed E-state index contributed by atoms with van der Waals surface area (Å²) in [5, 5.41) is 3.65. The Hall–Kier alpha value is -1.02. The smallest absolute Gasteiger partial charge is 0.122 e. The van der Waals surface area contributed by atoms with Crippen LogP contribution in [0.3, 0.4) is 0 Å². The van der Waals surface area contributed by atoms with Gasteiger partial charge in [-0.3, -0.25) is 0 Å². The van der Waals surface area contributed by atoms with Crippen LogP contribution in [-0.4, -0.2) is 18.7 Å². The molecule has 1 fully saturated rings. The molecule has 0 heterocycles. The molecular formula is C17H27NO. The number of hydrogen-bond acceptors (Lipinski definition) is 2. The molecule has 0 spiro atoms. The summed E-state index contributed by atoms with van der Waals surface area (Å²) in [7, 11) is 0. The molecule has 0 radical (unpaired) electrons. The van der Waals surface area contributed by atoms with E-state index in [9.17, 15) is 0 Å². The van der Waals surface area contributed by atoms with Gasteiger partial charge in [0.25, 0.3) is 0 Å². The minimum absolute atomic E-state index is 0.334. The van der Waals surface area contributed by atoms with Crippen LogP contribution in [0.4, 0.5) is 0 Å². The van der Waals surface area contributed by atoms with Gasteiger partial charge in [0.15, 0.2) is 0 Å². The molecule has 0 saturated heterocycles. The van der Waals surface area contributed by atoms with Crippen molar-refractivity contribution in [1.29, 1.82) is 0 Å². The zero-order chi connectivity index (χ0) is 13.7. The predicted octanol–water partition coefficient (Wildman–Crippen LogP) is 3.99. The third-order valence-electron chi connectivity index (χ3n) is 4.19. The number of aryl methyl sites for hydroxylation is 1. The van der Waals surface area contributed by atoms with Crippen LogP contribution in [0, 0.1) is 13.8 Å². The van der Waals surface area contributed by atoms with E-state index in [2.05, 4.69) is 44.3 Å². The summed E-state index contributed by atoms with van der Waals surface area (Å²) < 4.78 is 6.31. The van der Waals surface area contributed by atoms with Crippen LogP contribution in [0.25, 0.3) is 0 Å². The number of hydrogen-bond donors (Lipinski definition) is 1. The molecule has 1 aliphatic carbocycles. The molecule has 0 aliphatic heterocycles. The molecule has 106 valence electrons. The lowest BCUT2D eigenvalue weighted by atomic mass is 9.92. The highest BCUT2D eigenvalue weighted by Gasteiger charge is 2.26. The van der Waals surface area contributed by atoms with Crippen LogP contribution in [0.1, 0.15) is 50.2 Å². The highest BCUT2D eigenvalue weighted by atomic mass is 16.5. The first-order chi connectivity index (χ1) is 9.22. The van der Waals surface area contributed by atoms with Gasteiger partial charge >= 0.3 is 0 Å². The molecule has 0 bridgehead atoms. The molecular weight excluding hydrogens is 234 g/mol. The van der Waals surface area contributed by atoms with Crippen LogP contribution >= 0.6 is 0 Å². The number of rotatable bonds is 5. The molecule has 1 saturated carbocycles. The van der Waals surface area contributed by atoms with Gasteiger partial charge < -0.3 is 10.1 Å². The molecule has 2 nitrogen and oxygen atoms in total. The molecule has 2 unspecified atom stereocenters. The average molecular weight is 261 g/mol. The van der Waals surface area contributed by atoms with Gasteiger partial charge in [-0.25, -0.2) is 0 Å². The zero-order valence-corrected chi connectivity index (χ0v) is 12.5. The van der Waals surface area contributed by atoms with E-state index in [1.807, 2.05) is 0 Å². The van der Waals surface area contributed by atoms with E-state index in [4.69, 9.17) is 4.74 Å². The van der Waals surface area contributed by atoms with Gasteiger partial charge in [0.1, 0.15) is 11.9 Å². The Kier molecular flexibility index (Phi) is 5.26. The van der Waals surface area contributed by atoms with Gasteiger partial charge in [-0.1, -0.05) is 25.5 Å². The van der Waals surface area contributed by atoms with Crippen molar-refractivity contribution in [2.45, 2.75) is 65.0 Å². The molecule has 19 heavy (non-hydrogen) atoms. The van der Waals surface area contributed by atoms with Gasteiger partial charge in [0.2, 0.25) is 0 Å². The van der Waals surface area contributed by atoms with Gasteiger partial charge in [-0.15, -0.1) is 0 Å². The van der Waals surface area contributed by atoms with E-state index in [1.165, 1.54) is 43.2 Å². The minimum Gasteiger partial charge on any atom is -0.489 e. The topological polar surface area (TPSA) is 21.3 Å². The third-order valence-corrected chi connectivity index (χ3v) is 4.19. The molecule has 2 atom stereocenters. The van der Waals surface area contributed by atoms with E-state index < -0.39 is 0 Å². The van der Waals surface area contributed by atoms with Crippen LogP contribution in [0.2, 0.25) is 0 Å². The molecule has 2 heteroatoms. The van der Waals surface area contributed by atoms with Crippen LogP contribution in [-0.2, 0) is 0 Å². The number of nitrogens with one attached hydrogen (secondary N) is 1. The van der Waals surface area contributed by atoms with Crippen molar-refractivity contribution in [1.82, 2.24) is 5.32 Å². The summed E-state index contributed by atoms with van der Waals surface area (Å²) in [6.07, 6.45) is 6.56. The average Bonchev–Trinajstić information content (AvgIpc) is 2.43. The Morgan fingerprint density at radius 1 is 1.21 bits per heavy atom. The minimum atomic E-state index is 0.334. The van der Waals surface area contributed by atoms with E-state index >= 15 is 0 Å². The highest BCUT2D eigenvalue weighted by molar-refractivity contribution is 5.38. The van der Waals surface area contributed by atoms with E-state index in [-0.39, 0.29) is 0 Å². The Balaban J connectivity index is 2.04. The molecule has 2 rings (SSSR count). The van der Waals surface area contributed by atoms with Crippen LogP contribution in [0.5, 0.6) is 5.75 Å². The molecule has 1 aliphatic rings. The quantitative estimate of drug-likeness (QED) is 0.865. The van der Waals surface area contributed by atoms with Crippen molar-refractivity contribution in [3.05, 3.63) is 29.3 Å². The Morgan fingerprint density at radius 2 is 2.00 bits per heavy atom. The van der Waals surface area contributed by atoms with E-state index in [1.54, 1.807) is 0 Å². The summed E-state index contributed by atoms with van der Waals surface area (Å²) in [4.78, 5) is 0. The van der Waals surface area contributed by atoms with Crippen molar-refractivity contribution in [3.8, 4) is 5.75 Å². The van der Waals surface area contributed by atoms with Gasteiger partial charge in [0.05, 0.1) is 0 Å². The second-order valence-corrected chi connectivity index (χ2v) is 5.70. The molecule has 1 aromatic carbocycles. The lowest BCUT2D eigenvalue weighted by Crippen LogP contribution is -2.45. The normalized spacial score (nSPS) is 23.3. The molecule has 1 aromatic rings. The highest BCUT2D eigenvalue weighted by Crippen LogP contribution is 2.27. The maximum atomic E-state index is 6.31. The first kappa shape index (κ1) is 14.4. The number of ether oxygens (including phenoxy) is 1. The summed E-state index contributed by atoms with van der Waals surface area (Å²) in [5.41, 5.74) is 2.59. The van der Waals surface area contributed by atoms with Gasteiger partial charge in [-0.05, 0) is 63.3 Å². The standard InChI is InChI=1S/C17H27NO/c1-4-12-18-15-9-5-6-10-17(15)19-16-11-7-8-13(2)14(16)3/h7-8,11,15,17-18H,4-6,9-10,12H2,1-3H3. The van der Waals surface area contributed by atoms with Crippen molar-refractivity contribution < 1.29 is 4.74 Å². The van der Waals surface area contributed by atoms with Crippen molar-refractivity contribution >= 4 is 0 Å². The summed E-state index contributed by atoms with van der Waals surface area (Å²) in [6, 6.07) is 6.87. The Labute approximate surface area is 117 Å². The lowest BCUT2D eigenvalue weighted by Gasteiger charge is -2.33. The predicted molar refractivity (Wildman–Crippen MR) is 80.9 cm³/mol. The SMILES string of the molecule is CCCNC1CCCCC1Oc1cccc(C)c1C. The maximum Gasteiger partial charge on any atom is 0.122 e. The molecule has 0 amide bonds. The summed E-state index contributed by atoms with van der Waals surface area (Å²) in [5.74, 6) is 1.06. The first-order valence-electron chi connectivity index (χ1n) is 7.68. The van der Waals surface area contributed by atoms with Gasteiger partial charge in [-0.2, -0.15) is 0 Å². The van der Waals surface area contributed by atoms with Gasteiger partial charge in [0, 0.05) is 6.04 Å². The first-order valence-corrected chi connectivity index (χ1v) is 7.68. The fourth-order valence-corrected chi connectivity index (χ4v) is 2.82. The van der Waals surface area contributed by atoms with Crippen molar-refractivity contribution in [2.24, 2.45) is 0 Å². The monoisotopic (exact) mass is 261 g/mol. The lowest BCUT2D eigenvalue weighted by molar-refractivity contribution is 0.113. The third kappa shape index (κ3) is 3.73. The molecule has 0 aromatic heterocycles. The number of benzene rings is 1.